The van der Waals surface area contributed by atoms with E-state index in [9.17, 15) is 41.4 Å². The second kappa shape index (κ2) is 16.3. The molecule has 7 rings (SSSR count). The number of hydrogen-bond donors (Lipinski definition) is 7. The van der Waals surface area contributed by atoms with E-state index in [4.69, 9.17) is 14.7 Å². The van der Waals surface area contributed by atoms with E-state index in [0.717, 1.165) is 25.1 Å². The van der Waals surface area contributed by atoms with E-state index in [-0.39, 0.29) is 42.1 Å². The molecule has 1 aromatic carbocycles. The van der Waals surface area contributed by atoms with Crippen LogP contribution in [0.4, 0.5) is 29.7 Å². The molecule has 6 heterocycles. The number of aryl methyl sites for hydroxylation is 1. The molecule has 0 radical (unpaired) electrons. The van der Waals surface area contributed by atoms with Crippen molar-refractivity contribution in [2.75, 3.05) is 42.9 Å². The molecule has 57 heavy (non-hydrogen) atoms. The molecule has 22 nitrogen and oxygen atoms in total. The van der Waals surface area contributed by atoms with Gasteiger partial charge in [0.05, 0.1) is 17.8 Å². The number of rotatable bonds is 13. The predicted molar refractivity (Wildman–Crippen MR) is 188 cm³/mol. The number of amides is 2. The van der Waals surface area contributed by atoms with Crippen molar-refractivity contribution in [3.05, 3.63) is 42.0 Å². The summed E-state index contributed by atoms with van der Waals surface area (Å²) in [5, 5.41) is 46.6. The SMILES string of the molecule is CCn1nnc([C@H]2O[C@@H](n3cnc4c(NCCc5ccc(S(=O)(=O)NOC(=O)C(F)(F)F)cc5)nc(N5CC[C@@H](NC(=O)NC6CCNC6)C5)nc43)[C@@H](O)[C@@H]2O)n1. The fourth-order valence-corrected chi connectivity index (χ4v) is 7.35. The molecule has 3 aliphatic heterocycles. The summed E-state index contributed by atoms with van der Waals surface area (Å²) < 4.78 is 69.5. The molecule has 26 heteroatoms. The zero-order chi connectivity index (χ0) is 40.5. The van der Waals surface area contributed by atoms with Gasteiger partial charge in [0.25, 0.3) is 10.0 Å². The molecule has 0 saturated carbocycles. The summed E-state index contributed by atoms with van der Waals surface area (Å²) in [4.78, 5) is 45.3. The summed E-state index contributed by atoms with van der Waals surface area (Å²) in [7, 11) is -4.61. The number of sulfonamides is 1. The van der Waals surface area contributed by atoms with Gasteiger partial charge in [0, 0.05) is 38.3 Å². The molecule has 6 atom stereocenters. The van der Waals surface area contributed by atoms with Crippen LogP contribution in [-0.4, -0.2) is 134 Å². The second-order valence-corrected chi connectivity index (χ2v) is 15.1. The minimum absolute atomic E-state index is 0.0454. The van der Waals surface area contributed by atoms with Gasteiger partial charge >= 0.3 is 18.2 Å². The van der Waals surface area contributed by atoms with E-state index < -0.39 is 51.6 Å². The number of urea groups is 1. The summed E-state index contributed by atoms with van der Waals surface area (Å²) in [5.41, 5.74) is 1.17. The number of anilines is 2. The van der Waals surface area contributed by atoms with Crippen LogP contribution in [-0.2, 0) is 37.4 Å². The number of benzene rings is 1. The van der Waals surface area contributed by atoms with Gasteiger partial charge in [-0.3, -0.25) is 4.57 Å². The first-order chi connectivity index (χ1) is 27.2. The number of imidazole rings is 1. The lowest BCUT2D eigenvalue weighted by Gasteiger charge is -2.20. The zero-order valence-electron chi connectivity index (χ0n) is 30.1. The highest BCUT2D eigenvalue weighted by atomic mass is 32.2. The number of aliphatic hydroxyl groups excluding tert-OH is 2. The summed E-state index contributed by atoms with van der Waals surface area (Å²) in [5.74, 6) is -2.06. The van der Waals surface area contributed by atoms with E-state index in [0.29, 0.717) is 55.9 Å². The summed E-state index contributed by atoms with van der Waals surface area (Å²) in [6.07, 6.45) is -7.37. The maximum Gasteiger partial charge on any atom is 0.492 e. The van der Waals surface area contributed by atoms with Gasteiger partial charge in [0.2, 0.25) is 11.8 Å². The molecule has 7 N–H and O–H groups in total. The standard InChI is InChI=1S/C31H39F3N14O8S/c1-2-48-43-25(42-44-48)23-21(49)22(50)27(55-23)47-15-37-20-24(36-11-7-16-3-5-19(6-4-16)57(53,54)45-56-28(51)31(32,33)34)40-29(41-26(20)47)46-12-9-18(14-46)39-30(52)38-17-8-10-35-13-17/h3-6,15,17-18,21-23,27,35,45,49-50H,2,7-14H2,1H3,(H,36,40,41)(H2,38,39,52)/t17?,18-,21+,22+,23+,27-/m1/s1. The van der Waals surface area contributed by atoms with E-state index in [1.54, 1.807) is 0 Å². The molecule has 1 unspecified atom stereocenters. The van der Waals surface area contributed by atoms with Crippen molar-refractivity contribution in [2.24, 2.45) is 0 Å². The number of fused-ring (bicyclic) bond motifs is 1. The molecule has 0 spiro atoms. The average Bonchev–Trinajstić information content (AvgIpc) is 4.03. The molecule has 308 valence electrons. The van der Waals surface area contributed by atoms with Crippen LogP contribution in [0.25, 0.3) is 11.2 Å². The quantitative estimate of drug-likeness (QED) is 0.0798. The van der Waals surface area contributed by atoms with Crippen molar-refractivity contribution in [1.29, 1.82) is 0 Å². The Morgan fingerprint density at radius 1 is 1.09 bits per heavy atom. The molecule has 2 amide bonds. The Hall–Kier alpha value is -5.28. The zero-order valence-corrected chi connectivity index (χ0v) is 30.9. The number of aromatic nitrogens is 8. The summed E-state index contributed by atoms with van der Waals surface area (Å²) in [6.45, 7) is 4.89. The van der Waals surface area contributed by atoms with Crippen molar-refractivity contribution < 1.29 is 51.0 Å². The fraction of sp³-hybridized carbons (Fsp3) is 0.548. The van der Waals surface area contributed by atoms with Gasteiger partial charge in [-0.2, -0.15) is 27.9 Å². The number of nitrogens with zero attached hydrogens (tertiary/aromatic N) is 9. The van der Waals surface area contributed by atoms with Gasteiger partial charge in [-0.1, -0.05) is 12.1 Å². The van der Waals surface area contributed by atoms with Crippen LogP contribution in [0.2, 0.25) is 0 Å². The maximum atomic E-state index is 12.7. The first-order valence-corrected chi connectivity index (χ1v) is 19.4. The lowest BCUT2D eigenvalue weighted by molar-refractivity contribution is -0.203. The first-order valence-electron chi connectivity index (χ1n) is 17.9. The third-order valence-electron chi connectivity index (χ3n) is 9.54. The van der Waals surface area contributed by atoms with E-state index in [1.165, 1.54) is 32.7 Å². The minimum atomic E-state index is -5.39. The third kappa shape index (κ3) is 8.84. The van der Waals surface area contributed by atoms with Crippen LogP contribution < -0.4 is 31.1 Å². The van der Waals surface area contributed by atoms with E-state index >= 15 is 0 Å². The lowest BCUT2D eigenvalue weighted by Crippen LogP contribution is -2.47. The molecule has 3 fully saturated rings. The highest BCUT2D eigenvalue weighted by molar-refractivity contribution is 7.89. The van der Waals surface area contributed by atoms with Crippen LogP contribution in [0.1, 0.15) is 43.5 Å². The summed E-state index contributed by atoms with van der Waals surface area (Å²) >= 11 is 0. The second-order valence-electron chi connectivity index (χ2n) is 13.5. The van der Waals surface area contributed by atoms with Gasteiger partial charge < -0.3 is 46.0 Å². The topological polar surface area (TPSA) is 278 Å². The number of ether oxygens (including phenoxy) is 1. The largest absolute Gasteiger partial charge is 0.492 e. The number of nitrogens with one attached hydrogen (secondary N) is 5. The lowest BCUT2D eigenvalue weighted by atomic mass is 10.1. The number of carbonyl (C=O) groups is 2. The molecule has 0 aliphatic carbocycles. The van der Waals surface area contributed by atoms with Crippen molar-refractivity contribution in [2.45, 2.75) is 80.4 Å². The Morgan fingerprint density at radius 2 is 1.86 bits per heavy atom. The van der Waals surface area contributed by atoms with Crippen LogP contribution in [0.3, 0.4) is 0 Å². The number of tetrazole rings is 1. The van der Waals surface area contributed by atoms with Crippen LogP contribution in [0.15, 0.2) is 35.5 Å². The average molecular weight is 825 g/mol. The number of carbonyl (C=O) groups excluding carboxylic acids is 2. The van der Waals surface area contributed by atoms with Crippen molar-refractivity contribution in [1.82, 2.24) is 60.6 Å². The Balaban J connectivity index is 1.09. The van der Waals surface area contributed by atoms with Crippen molar-refractivity contribution in [3.8, 4) is 0 Å². The molecular formula is C31H39F3N14O8S. The van der Waals surface area contributed by atoms with Crippen molar-refractivity contribution in [3.63, 3.8) is 0 Å². The number of hydrogen-bond acceptors (Lipinski definition) is 17. The van der Waals surface area contributed by atoms with E-state index in [2.05, 4.69) is 46.5 Å². The molecule has 3 aromatic heterocycles. The smallest absolute Gasteiger partial charge is 0.387 e. The molecule has 3 aliphatic rings. The van der Waals surface area contributed by atoms with Crippen LogP contribution in [0.5, 0.6) is 0 Å². The van der Waals surface area contributed by atoms with Gasteiger partial charge in [0.15, 0.2) is 29.3 Å². The summed E-state index contributed by atoms with van der Waals surface area (Å²) in [6, 6.07) is 4.70. The van der Waals surface area contributed by atoms with Crippen LogP contribution in [0, 0.1) is 0 Å². The predicted octanol–water partition coefficient (Wildman–Crippen LogP) is -0.982. The number of halogens is 3. The molecule has 4 aromatic rings. The van der Waals surface area contributed by atoms with Gasteiger partial charge in [-0.25, -0.2) is 23.0 Å². The van der Waals surface area contributed by atoms with Crippen LogP contribution >= 0.6 is 0 Å². The van der Waals surface area contributed by atoms with E-state index in [1.807, 2.05) is 11.8 Å². The first kappa shape index (κ1) is 39.9. The van der Waals surface area contributed by atoms with Gasteiger partial charge in [-0.05, 0) is 60.5 Å². The Bertz CT molecular complexity index is 2180. The fourth-order valence-electron chi connectivity index (χ4n) is 6.57. The highest BCUT2D eigenvalue weighted by Gasteiger charge is 2.47. The van der Waals surface area contributed by atoms with Gasteiger partial charge in [0.1, 0.15) is 12.2 Å². The van der Waals surface area contributed by atoms with Crippen molar-refractivity contribution >= 4 is 45.0 Å². The molecular weight excluding hydrogens is 785 g/mol. The van der Waals surface area contributed by atoms with Gasteiger partial charge in [-0.15, -0.1) is 10.2 Å². The highest BCUT2D eigenvalue weighted by Crippen LogP contribution is 2.39. The Morgan fingerprint density at radius 3 is 2.56 bits per heavy atom. The monoisotopic (exact) mass is 824 g/mol. The number of alkyl halides is 3. The molecule has 0 bridgehead atoms. The minimum Gasteiger partial charge on any atom is -0.387 e. The Kier molecular flexibility index (Phi) is 11.4. The maximum absolute atomic E-state index is 12.7. The molecule has 3 saturated heterocycles. The number of aliphatic hydroxyl groups is 2. The third-order valence-corrected chi connectivity index (χ3v) is 10.7. The Labute approximate surface area is 321 Å². The normalized spacial score (nSPS) is 23.9.